The van der Waals surface area contributed by atoms with Gasteiger partial charge in [0.1, 0.15) is 6.04 Å². The van der Waals surface area contributed by atoms with Crippen molar-refractivity contribution in [3.63, 3.8) is 0 Å². The van der Waals surface area contributed by atoms with E-state index in [1.807, 2.05) is 6.92 Å². The Labute approximate surface area is 159 Å². The van der Waals surface area contributed by atoms with Crippen LogP contribution in [0.15, 0.2) is 47.0 Å². The van der Waals surface area contributed by atoms with E-state index >= 15 is 0 Å². The summed E-state index contributed by atoms with van der Waals surface area (Å²) in [5.41, 5.74) is 3.45. The minimum absolute atomic E-state index is 0.0643. The number of hydrogen-bond acceptors (Lipinski definition) is 4. The van der Waals surface area contributed by atoms with E-state index in [2.05, 4.69) is 90.2 Å². The highest BCUT2D eigenvalue weighted by atomic mass is 16.5. The number of nitrogens with zero attached hydrogens (tertiary/aromatic N) is 3. The second kappa shape index (κ2) is 6.41. The van der Waals surface area contributed by atoms with Gasteiger partial charge in [0, 0.05) is 39.5 Å². The number of nitrogens with one attached hydrogen (secondary N) is 1. The van der Waals surface area contributed by atoms with Crippen LogP contribution in [0.2, 0.25) is 0 Å². The first-order chi connectivity index (χ1) is 12.9. The van der Waals surface area contributed by atoms with E-state index in [9.17, 15) is 0 Å². The number of aromatic nitrogens is 3. The van der Waals surface area contributed by atoms with Crippen LogP contribution in [0.25, 0.3) is 21.8 Å². The predicted octanol–water partition coefficient (Wildman–Crippen LogP) is 5.67. The third-order valence-corrected chi connectivity index (χ3v) is 4.95. The molecule has 4 rings (SSSR count). The molecule has 0 saturated carbocycles. The van der Waals surface area contributed by atoms with E-state index in [1.165, 1.54) is 21.8 Å². The van der Waals surface area contributed by atoms with Gasteiger partial charge in [-0.15, -0.1) is 0 Å². The van der Waals surface area contributed by atoms with Crippen molar-refractivity contribution in [1.82, 2.24) is 14.7 Å². The number of hydrogen-bond donors (Lipinski definition) is 1. The maximum Gasteiger partial charge on any atom is 0.248 e. The predicted molar refractivity (Wildman–Crippen MR) is 110 cm³/mol. The second-order valence-corrected chi connectivity index (χ2v) is 8.07. The third kappa shape index (κ3) is 3.07. The van der Waals surface area contributed by atoms with Crippen LogP contribution < -0.4 is 5.32 Å². The molecule has 0 amide bonds. The van der Waals surface area contributed by atoms with Crippen LogP contribution in [0.3, 0.4) is 0 Å². The smallest absolute Gasteiger partial charge is 0.248 e. The summed E-state index contributed by atoms with van der Waals surface area (Å²) in [7, 11) is 0. The van der Waals surface area contributed by atoms with Crippen molar-refractivity contribution in [2.75, 3.05) is 5.32 Å². The molecule has 0 spiro atoms. The van der Waals surface area contributed by atoms with Gasteiger partial charge in [-0.2, -0.15) is 4.98 Å². The summed E-state index contributed by atoms with van der Waals surface area (Å²) in [5.74, 6) is 1.34. The molecule has 0 aliphatic heterocycles. The van der Waals surface area contributed by atoms with Crippen molar-refractivity contribution < 1.29 is 4.52 Å². The molecule has 0 unspecified atom stereocenters. The van der Waals surface area contributed by atoms with Crippen molar-refractivity contribution in [3.05, 3.63) is 54.2 Å². The lowest BCUT2D eigenvalue weighted by molar-refractivity contribution is 0.354. The maximum absolute atomic E-state index is 5.48. The largest absolute Gasteiger partial charge is 0.374 e. The molecular weight excluding hydrogens is 336 g/mol. The van der Waals surface area contributed by atoms with Gasteiger partial charge >= 0.3 is 0 Å². The van der Waals surface area contributed by atoms with Gasteiger partial charge < -0.3 is 14.4 Å². The van der Waals surface area contributed by atoms with Crippen molar-refractivity contribution in [2.45, 2.75) is 52.6 Å². The molecule has 2 aromatic carbocycles. The van der Waals surface area contributed by atoms with E-state index in [0.29, 0.717) is 5.89 Å². The molecular formula is C22H26N4O. The Balaban J connectivity index is 1.68. The summed E-state index contributed by atoms with van der Waals surface area (Å²) in [5, 5.41) is 10.2. The number of para-hydroxylation sites is 1. The van der Waals surface area contributed by atoms with Gasteiger partial charge in [0.05, 0.1) is 0 Å². The molecule has 0 bridgehead atoms. The molecule has 0 aliphatic carbocycles. The van der Waals surface area contributed by atoms with Gasteiger partial charge in [-0.05, 0) is 38.1 Å². The zero-order valence-electron chi connectivity index (χ0n) is 16.6. The van der Waals surface area contributed by atoms with Crippen LogP contribution in [-0.2, 0) is 12.0 Å². The Morgan fingerprint density at radius 1 is 1.07 bits per heavy atom. The topological polar surface area (TPSA) is 55.9 Å². The Morgan fingerprint density at radius 3 is 2.52 bits per heavy atom. The molecule has 5 heteroatoms. The highest BCUT2D eigenvalue weighted by molar-refractivity contribution is 6.09. The molecule has 0 saturated heterocycles. The lowest BCUT2D eigenvalue weighted by atomic mass is 9.96. The van der Waals surface area contributed by atoms with Gasteiger partial charge in [-0.1, -0.05) is 44.1 Å². The average Bonchev–Trinajstić information content (AvgIpc) is 3.24. The fourth-order valence-electron chi connectivity index (χ4n) is 3.51. The molecule has 4 aromatic rings. The van der Waals surface area contributed by atoms with Crippen LogP contribution in [0.5, 0.6) is 0 Å². The van der Waals surface area contributed by atoms with Gasteiger partial charge in [0.25, 0.3) is 0 Å². The molecule has 2 aromatic heterocycles. The molecule has 1 N–H and O–H groups in total. The molecule has 2 heterocycles. The Hall–Kier alpha value is -2.82. The minimum atomic E-state index is -0.123. The molecule has 0 fully saturated rings. The lowest BCUT2D eigenvalue weighted by Crippen LogP contribution is -2.14. The van der Waals surface area contributed by atoms with Gasteiger partial charge in [-0.25, -0.2) is 0 Å². The normalized spacial score (nSPS) is 13.4. The Morgan fingerprint density at radius 2 is 1.81 bits per heavy atom. The average molecular weight is 362 g/mol. The molecule has 0 radical (unpaired) electrons. The number of benzene rings is 2. The number of anilines is 1. The van der Waals surface area contributed by atoms with E-state index in [0.717, 1.165) is 18.1 Å². The van der Waals surface area contributed by atoms with E-state index in [4.69, 9.17) is 4.52 Å². The summed E-state index contributed by atoms with van der Waals surface area (Å²) in [6.45, 7) is 11.4. The van der Waals surface area contributed by atoms with Gasteiger partial charge in [-0.3, -0.25) is 0 Å². The standard InChI is InChI=1S/C22H26N4O/c1-6-26-18-10-8-7-9-16(18)17-13-15(11-12-19(17)26)23-14(2)20-24-21(25-27-20)22(3,4)5/h7-14,23H,6H2,1-5H3/t14-/m1/s1. The second-order valence-electron chi connectivity index (χ2n) is 8.07. The summed E-state index contributed by atoms with van der Waals surface area (Å²) >= 11 is 0. The van der Waals surface area contributed by atoms with E-state index in [-0.39, 0.29) is 11.5 Å². The SMILES string of the molecule is CCn1c2ccccc2c2cc(N[C@H](C)c3nc(C(C)(C)C)no3)ccc21. The van der Waals surface area contributed by atoms with Crippen LogP contribution in [-0.4, -0.2) is 14.7 Å². The van der Waals surface area contributed by atoms with Crippen molar-refractivity contribution in [1.29, 1.82) is 0 Å². The quantitative estimate of drug-likeness (QED) is 0.508. The van der Waals surface area contributed by atoms with Crippen molar-refractivity contribution >= 4 is 27.5 Å². The highest BCUT2D eigenvalue weighted by Crippen LogP contribution is 2.32. The van der Waals surface area contributed by atoms with Crippen LogP contribution >= 0.6 is 0 Å². The van der Waals surface area contributed by atoms with Gasteiger partial charge in [0.15, 0.2) is 5.82 Å². The molecule has 140 valence electrons. The fourth-order valence-corrected chi connectivity index (χ4v) is 3.51. The molecule has 1 atom stereocenters. The molecule has 27 heavy (non-hydrogen) atoms. The van der Waals surface area contributed by atoms with Crippen LogP contribution in [0.1, 0.15) is 52.4 Å². The van der Waals surface area contributed by atoms with Crippen molar-refractivity contribution in [2.24, 2.45) is 0 Å². The molecule has 0 aliphatic rings. The summed E-state index contributed by atoms with van der Waals surface area (Å²) in [6.07, 6.45) is 0. The number of rotatable bonds is 4. The zero-order valence-corrected chi connectivity index (χ0v) is 16.6. The van der Waals surface area contributed by atoms with Crippen LogP contribution in [0, 0.1) is 0 Å². The first-order valence-electron chi connectivity index (χ1n) is 9.50. The zero-order chi connectivity index (χ0) is 19.2. The maximum atomic E-state index is 5.48. The lowest BCUT2D eigenvalue weighted by Gasteiger charge is -2.13. The van der Waals surface area contributed by atoms with E-state index in [1.54, 1.807) is 0 Å². The fraction of sp³-hybridized carbons (Fsp3) is 0.364. The van der Waals surface area contributed by atoms with Crippen LogP contribution in [0.4, 0.5) is 5.69 Å². The first kappa shape index (κ1) is 17.6. The number of fused-ring (bicyclic) bond motifs is 3. The summed E-state index contributed by atoms with van der Waals surface area (Å²) in [4.78, 5) is 4.56. The Bertz CT molecular complexity index is 1100. The third-order valence-electron chi connectivity index (χ3n) is 4.95. The molecule has 5 nitrogen and oxygen atoms in total. The minimum Gasteiger partial charge on any atom is -0.374 e. The first-order valence-corrected chi connectivity index (χ1v) is 9.50. The van der Waals surface area contributed by atoms with Gasteiger partial charge in [0.2, 0.25) is 5.89 Å². The Kier molecular flexibility index (Phi) is 4.17. The number of aryl methyl sites for hydroxylation is 1. The highest BCUT2D eigenvalue weighted by Gasteiger charge is 2.23. The van der Waals surface area contributed by atoms with Crippen molar-refractivity contribution in [3.8, 4) is 0 Å². The monoisotopic (exact) mass is 362 g/mol. The summed E-state index contributed by atoms with van der Waals surface area (Å²) < 4.78 is 7.83. The van der Waals surface area contributed by atoms with E-state index < -0.39 is 0 Å². The summed E-state index contributed by atoms with van der Waals surface area (Å²) in [6, 6.07) is 15.0.